The fourth-order valence-electron chi connectivity index (χ4n) is 2.65. The Labute approximate surface area is 148 Å². The summed E-state index contributed by atoms with van der Waals surface area (Å²) in [5, 5.41) is 10.1. The molecule has 2 rings (SSSR count). The zero-order valence-electron chi connectivity index (χ0n) is 14.6. The number of hydrogen-bond acceptors (Lipinski definition) is 5. The molecule has 24 heavy (non-hydrogen) atoms. The van der Waals surface area contributed by atoms with Crippen LogP contribution in [0, 0.1) is 13.8 Å². The topological polar surface area (TPSA) is 83.5 Å². The van der Waals surface area contributed by atoms with Crippen molar-refractivity contribution in [2.24, 2.45) is 4.99 Å². The number of rotatable bonds is 5. The highest BCUT2D eigenvalue weighted by Gasteiger charge is 2.16. The number of nitrogens with zero attached hydrogens (tertiary/aromatic N) is 3. The summed E-state index contributed by atoms with van der Waals surface area (Å²) < 4.78 is 5.05. The van der Waals surface area contributed by atoms with E-state index in [0.29, 0.717) is 36.2 Å². The second kappa shape index (κ2) is 9.48. The molecule has 1 aliphatic carbocycles. The molecule has 0 saturated heterocycles. The van der Waals surface area contributed by atoms with Crippen LogP contribution in [0.5, 0.6) is 0 Å². The SMILES string of the molecule is COCCN=C(NC(=S)NC1CCCC1)Nc1nc(C)cc(C)n1. The van der Waals surface area contributed by atoms with Gasteiger partial charge in [0.25, 0.3) is 0 Å². The average Bonchev–Trinajstić information content (AvgIpc) is 2.99. The van der Waals surface area contributed by atoms with Gasteiger partial charge in [0, 0.05) is 24.5 Å². The summed E-state index contributed by atoms with van der Waals surface area (Å²) in [5.74, 6) is 1.02. The number of aryl methyl sites for hydroxylation is 2. The maximum atomic E-state index is 5.40. The molecule has 0 amide bonds. The molecular weight excluding hydrogens is 324 g/mol. The molecule has 7 nitrogen and oxygen atoms in total. The summed E-state index contributed by atoms with van der Waals surface area (Å²) in [5.41, 5.74) is 1.79. The molecule has 0 aromatic carbocycles. The van der Waals surface area contributed by atoms with Gasteiger partial charge in [-0.25, -0.2) is 9.97 Å². The number of thiocarbonyl (C=S) groups is 1. The van der Waals surface area contributed by atoms with Crippen molar-refractivity contribution >= 4 is 29.2 Å². The molecule has 0 bridgehead atoms. The number of nitrogens with one attached hydrogen (secondary N) is 3. The zero-order chi connectivity index (χ0) is 17.4. The van der Waals surface area contributed by atoms with E-state index in [1.54, 1.807) is 7.11 Å². The van der Waals surface area contributed by atoms with Crippen LogP contribution in [0.4, 0.5) is 5.95 Å². The van der Waals surface area contributed by atoms with E-state index < -0.39 is 0 Å². The normalized spacial score (nSPS) is 15.4. The van der Waals surface area contributed by atoms with Crippen molar-refractivity contribution in [3.05, 3.63) is 17.5 Å². The van der Waals surface area contributed by atoms with Gasteiger partial charge in [0.15, 0.2) is 5.11 Å². The minimum absolute atomic E-state index is 0.447. The van der Waals surface area contributed by atoms with E-state index in [1.165, 1.54) is 12.8 Å². The van der Waals surface area contributed by atoms with Crippen molar-refractivity contribution in [1.29, 1.82) is 0 Å². The second-order valence-corrected chi connectivity index (χ2v) is 6.31. The van der Waals surface area contributed by atoms with Gasteiger partial charge in [-0.1, -0.05) is 12.8 Å². The Bertz CT molecular complexity index is 566. The Morgan fingerprint density at radius 2 is 1.96 bits per heavy atom. The van der Waals surface area contributed by atoms with Gasteiger partial charge in [-0.05, 0) is 45.0 Å². The van der Waals surface area contributed by atoms with Crippen LogP contribution in [0.15, 0.2) is 11.1 Å². The lowest BCUT2D eigenvalue weighted by atomic mass is 10.3. The molecule has 8 heteroatoms. The maximum absolute atomic E-state index is 5.40. The monoisotopic (exact) mass is 350 g/mol. The van der Waals surface area contributed by atoms with Gasteiger partial charge in [0.05, 0.1) is 13.2 Å². The van der Waals surface area contributed by atoms with Crippen molar-refractivity contribution < 1.29 is 4.74 Å². The molecule has 0 unspecified atom stereocenters. The summed E-state index contributed by atoms with van der Waals surface area (Å²) in [4.78, 5) is 13.2. The number of aromatic nitrogens is 2. The lowest BCUT2D eigenvalue weighted by Crippen LogP contribution is -2.46. The number of anilines is 1. The predicted octanol–water partition coefficient (Wildman–Crippen LogP) is 1.91. The van der Waals surface area contributed by atoms with Gasteiger partial charge in [-0.2, -0.15) is 0 Å². The first-order chi connectivity index (χ1) is 11.6. The van der Waals surface area contributed by atoms with Gasteiger partial charge in [0.1, 0.15) is 0 Å². The van der Waals surface area contributed by atoms with Gasteiger partial charge in [0.2, 0.25) is 11.9 Å². The number of guanidine groups is 1. The van der Waals surface area contributed by atoms with Crippen molar-refractivity contribution in [1.82, 2.24) is 20.6 Å². The molecule has 0 atom stereocenters. The first kappa shape index (κ1) is 18.5. The Morgan fingerprint density at radius 3 is 2.58 bits per heavy atom. The molecule has 1 aliphatic rings. The van der Waals surface area contributed by atoms with Crippen LogP contribution in [0.3, 0.4) is 0 Å². The first-order valence-electron chi connectivity index (χ1n) is 8.27. The predicted molar refractivity (Wildman–Crippen MR) is 100 cm³/mol. The Morgan fingerprint density at radius 1 is 1.29 bits per heavy atom. The Balaban J connectivity index is 2.00. The Hall–Kier alpha value is -1.80. The number of methoxy groups -OCH3 is 1. The summed E-state index contributed by atoms with van der Waals surface area (Å²) in [6.45, 7) is 4.91. The first-order valence-corrected chi connectivity index (χ1v) is 8.68. The van der Waals surface area contributed by atoms with Crippen LogP contribution in [0.2, 0.25) is 0 Å². The molecular formula is C16H26N6OS. The average molecular weight is 350 g/mol. The fraction of sp³-hybridized carbons (Fsp3) is 0.625. The zero-order valence-corrected chi connectivity index (χ0v) is 15.4. The fourth-order valence-corrected chi connectivity index (χ4v) is 2.91. The highest BCUT2D eigenvalue weighted by atomic mass is 32.1. The van der Waals surface area contributed by atoms with Gasteiger partial charge < -0.3 is 15.4 Å². The Kier molecular flexibility index (Phi) is 7.33. The molecule has 132 valence electrons. The van der Waals surface area contributed by atoms with Gasteiger partial charge >= 0.3 is 0 Å². The summed E-state index contributed by atoms with van der Waals surface area (Å²) in [6, 6.07) is 2.37. The van der Waals surface area contributed by atoms with Crippen LogP contribution < -0.4 is 16.0 Å². The minimum atomic E-state index is 0.447. The third kappa shape index (κ3) is 6.37. The molecule has 1 aromatic rings. The van der Waals surface area contributed by atoms with E-state index in [2.05, 4.69) is 30.9 Å². The summed E-state index contributed by atoms with van der Waals surface area (Å²) in [6.07, 6.45) is 4.82. The maximum Gasteiger partial charge on any atom is 0.229 e. The summed E-state index contributed by atoms with van der Waals surface area (Å²) >= 11 is 5.40. The van der Waals surface area contributed by atoms with Crippen molar-refractivity contribution in [2.45, 2.75) is 45.6 Å². The lowest BCUT2D eigenvalue weighted by Gasteiger charge is -2.17. The molecule has 0 aliphatic heterocycles. The van der Waals surface area contributed by atoms with Crippen LogP contribution in [0.1, 0.15) is 37.1 Å². The van der Waals surface area contributed by atoms with E-state index in [0.717, 1.165) is 24.2 Å². The third-order valence-corrected chi connectivity index (χ3v) is 3.92. The molecule has 3 N–H and O–H groups in total. The molecule has 1 heterocycles. The van der Waals surface area contributed by atoms with E-state index >= 15 is 0 Å². The van der Waals surface area contributed by atoms with Crippen LogP contribution >= 0.6 is 12.2 Å². The van der Waals surface area contributed by atoms with E-state index in [1.807, 2.05) is 19.9 Å². The standard InChI is InChI=1S/C16H26N6OS/c1-11-10-12(2)19-15(18-11)21-14(17-8-9-23-3)22-16(24)20-13-6-4-5-7-13/h10,13H,4-9H2,1-3H3,(H3,17,18,19,20,21,22,24). The quantitative estimate of drug-likeness (QED) is 0.324. The van der Waals surface area contributed by atoms with Crippen molar-refractivity contribution in [3.8, 4) is 0 Å². The highest BCUT2D eigenvalue weighted by molar-refractivity contribution is 7.80. The number of ether oxygens (including phenoxy) is 1. The van der Waals surface area contributed by atoms with Gasteiger partial charge in [-0.3, -0.25) is 10.3 Å². The molecule has 0 spiro atoms. The summed E-state index contributed by atoms with van der Waals surface area (Å²) in [7, 11) is 1.65. The lowest BCUT2D eigenvalue weighted by molar-refractivity contribution is 0.208. The minimum Gasteiger partial charge on any atom is -0.383 e. The second-order valence-electron chi connectivity index (χ2n) is 5.90. The van der Waals surface area contributed by atoms with Crippen LogP contribution in [-0.4, -0.2) is 47.3 Å². The van der Waals surface area contributed by atoms with Crippen molar-refractivity contribution in [3.63, 3.8) is 0 Å². The highest BCUT2D eigenvalue weighted by Crippen LogP contribution is 2.17. The molecule has 1 aromatic heterocycles. The number of hydrogen-bond donors (Lipinski definition) is 3. The van der Waals surface area contributed by atoms with Gasteiger partial charge in [-0.15, -0.1) is 0 Å². The van der Waals surface area contributed by atoms with Crippen LogP contribution in [0.25, 0.3) is 0 Å². The largest absolute Gasteiger partial charge is 0.383 e. The number of aliphatic imine (C=N–C) groups is 1. The third-order valence-electron chi connectivity index (χ3n) is 3.70. The van der Waals surface area contributed by atoms with E-state index in [-0.39, 0.29) is 0 Å². The molecule has 1 saturated carbocycles. The molecule has 0 radical (unpaired) electrons. The molecule has 1 fully saturated rings. The van der Waals surface area contributed by atoms with E-state index in [4.69, 9.17) is 17.0 Å². The smallest absolute Gasteiger partial charge is 0.229 e. The van der Waals surface area contributed by atoms with Crippen molar-refractivity contribution in [2.75, 3.05) is 25.6 Å². The van der Waals surface area contributed by atoms with E-state index in [9.17, 15) is 0 Å². The van der Waals surface area contributed by atoms with Crippen LogP contribution in [-0.2, 0) is 4.74 Å².